The van der Waals surface area contributed by atoms with Gasteiger partial charge in [-0.05, 0) is 29.3 Å². The van der Waals surface area contributed by atoms with Gasteiger partial charge >= 0.3 is 5.97 Å². The number of hydrogen-bond acceptors (Lipinski definition) is 4. The second-order valence-corrected chi connectivity index (χ2v) is 9.75. The molecule has 152 valence electrons. The molecule has 1 unspecified atom stereocenters. The number of fused-ring (bicyclic) bond motifs is 5. The summed E-state index contributed by atoms with van der Waals surface area (Å²) in [6.07, 6.45) is 2.18. The van der Waals surface area contributed by atoms with Crippen molar-refractivity contribution in [2.75, 3.05) is 0 Å². The molecule has 0 saturated heterocycles. The minimum Gasteiger partial charge on any atom is -0.477 e. The van der Waals surface area contributed by atoms with E-state index in [4.69, 9.17) is 4.42 Å². The van der Waals surface area contributed by atoms with Gasteiger partial charge in [-0.15, -0.1) is 11.3 Å². The third-order valence-electron chi connectivity index (χ3n) is 5.88. The van der Waals surface area contributed by atoms with Crippen molar-refractivity contribution in [3.8, 4) is 21.9 Å². The highest BCUT2D eigenvalue weighted by atomic mass is 32.1. The Labute approximate surface area is 177 Å². The average molecular weight is 420 g/mol. The van der Waals surface area contributed by atoms with Crippen LogP contribution in [0.2, 0.25) is 0 Å². The van der Waals surface area contributed by atoms with Crippen LogP contribution < -0.4 is 5.43 Å². The highest BCUT2D eigenvalue weighted by Crippen LogP contribution is 2.47. The molecule has 0 radical (unpaired) electrons. The van der Waals surface area contributed by atoms with Gasteiger partial charge in [0.1, 0.15) is 11.1 Å². The van der Waals surface area contributed by atoms with E-state index in [1.807, 2.05) is 28.1 Å². The predicted molar refractivity (Wildman–Crippen MR) is 118 cm³/mol. The van der Waals surface area contributed by atoms with Gasteiger partial charge in [0.25, 0.3) is 0 Å². The number of thiophene rings is 1. The second-order valence-electron chi connectivity index (χ2n) is 8.80. The number of carboxylic acids is 1. The summed E-state index contributed by atoms with van der Waals surface area (Å²) < 4.78 is 8.30. The van der Waals surface area contributed by atoms with Gasteiger partial charge in [-0.1, -0.05) is 39.0 Å². The smallest absolute Gasteiger partial charge is 0.341 e. The van der Waals surface area contributed by atoms with Crippen molar-refractivity contribution in [3.63, 3.8) is 0 Å². The Morgan fingerprint density at radius 2 is 2.03 bits per heavy atom. The molecular weight excluding hydrogens is 398 g/mol. The number of carbonyl (C=O) groups is 1. The number of rotatable bonds is 2. The zero-order valence-electron chi connectivity index (χ0n) is 16.9. The summed E-state index contributed by atoms with van der Waals surface area (Å²) >= 11 is 1.65. The summed E-state index contributed by atoms with van der Waals surface area (Å²) in [6, 6.07) is 11.6. The fraction of sp³-hybridized carbons (Fsp3) is 0.250. The molecule has 5 rings (SSSR count). The van der Waals surface area contributed by atoms with E-state index in [0.717, 1.165) is 27.0 Å². The molecule has 1 atom stereocenters. The van der Waals surface area contributed by atoms with Crippen LogP contribution >= 0.6 is 11.3 Å². The number of carboxylic acid groups (broad SMARTS) is 1. The van der Waals surface area contributed by atoms with Gasteiger partial charge in [-0.2, -0.15) is 0 Å². The molecule has 0 spiro atoms. The third kappa shape index (κ3) is 2.75. The largest absolute Gasteiger partial charge is 0.477 e. The molecule has 1 aromatic carbocycles. The number of hydrogen-bond donors (Lipinski definition) is 1. The van der Waals surface area contributed by atoms with E-state index in [2.05, 4.69) is 32.9 Å². The van der Waals surface area contributed by atoms with Crippen molar-refractivity contribution in [2.24, 2.45) is 5.41 Å². The van der Waals surface area contributed by atoms with Crippen molar-refractivity contribution in [2.45, 2.75) is 33.2 Å². The first kappa shape index (κ1) is 18.9. The van der Waals surface area contributed by atoms with E-state index in [1.54, 1.807) is 11.3 Å². The van der Waals surface area contributed by atoms with Gasteiger partial charge in [-0.25, -0.2) is 4.79 Å². The molecule has 5 nitrogen and oxygen atoms in total. The standard InChI is InChI=1S/C24H21NO4S/c1-24(2,3)20-10-15-13-6-4-7-14(19-8-5-9-30-19)21(13)29-22(15)17-11-18(26)16(23(27)28)12-25(17)20/h4-9,11-12,20H,10H2,1-3H3,(H,27,28). The molecule has 0 saturated carbocycles. The molecule has 1 aliphatic rings. The number of furan rings is 1. The Bertz CT molecular complexity index is 1350. The molecule has 1 N–H and O–H groups in total. The number of benzene rings is 1. The molecule has 0 fully saturated rings. The monoisotopic (exact) mass is 419 g/mol. The number of aromatic nitrogens is 1. The number of aromatic carboxylic acids is 1. The lowest BCUT2D eigenvalue weighted by Crippen LogP contribution is -2.32. The van der Waals surface area contributed by atoms with Gasteiger partial charge in [0, 0.05) is 39.7 Å². The first-order valence-electron chi connectivity index (χ1n) is 9.84. The van der Waals surface area contributed by atoms with Crippen molar-refractivity contribution in [1.82, 2.24) is 4.57 Å². The first-order chi connectivity index (χ1) is 14.3. The van der Waals surface area contributed by atoms with Crippen LogP contribution in [0.25, 0.3) is 32.9 Å². The lowest BCUT2D eigenvalue weighted by atomic mass is 9.79. The molecule has 0 aliphatic carbocycles. The minimum atomic E-state index is -1.21. The van der Waals surface area contributed by atoms with E-state index in [9.17, 15) is 14.7 Å². The molecule has 4 aromatic rings. The number of para-hydroxylation sites is 1. The van der Waals surface area contributed by atoms with E-state index in [0.29, 0.717) is 17.9 Å². The molecule has 1 aliphatic heterocycles. The Morgan fingerprint density at radius 3 is 2.70 bits per heavy atom. The molecule has 4 heterocycles. The maximum atomic E-state index is 12.5. The van der Waals surface area contributed by atoms with Crippen molar-refractivity contribution >= 4 is 28.3 Å². The van der Waals surface area contributed by atoms with Crippen molar-refractivity contribution in [1.29, 1.82) is 0 Å². The van der Waals surface area contributed by atoms with Crippen molar-refractivity contribution < 1.29 is 14.3 Å². The summed E-state index contributed by atoms with van der Waals surface area (Å²) in [7, 11) is 0. The molecule has 0 amide bonds. The fourth-order valence-corrected chi connectivity index (χ4v) is 5.12. The topological polar surface area (TPSA) is 72.4 Å². The highest BCUT2D eigenvalue weighted by molar-refractivity contribution is 7.13. The summed E-state index contributed by atoms with van der Waals surface area (Å²) in [4.78, 5) is 25.2. The van der Waals surface area contributed by atoms with Gasteiger partial charge in [0.2, 0.25) is 0 Å². The predicted octanol–water partition coefficient (Wildman–Crippen LogP) is 5.83. The van der Waals surface area contributed by atoms with Gasteiger partial charge in [0.15, 0.2) is 11.2 Å². The van der Waals surface area contributed by atoms with Crippen LogP contribution in [0.3, 0.4) is 0 Å². The lowest BCUT2D eigenvalue weighted by molar-refractivity contribution is 0.0693. The van der Waals surface area contributed by atoms with E-state index >= 15 is 0 Å². The van der Waals surface area contributed by atoms with Gasteiger partial charge in [-0.3, -0.25) is 4.79 Å². The zero-order chi connectivity index (χ0) is 21.2. The molecular formula is C24H21NO4S. The first-order valence-corrected chi connectivity index (χ1v) is 10.7. The summed E-state index contributed by atoms with van der Waals surface area (Å²) in [5.74, 6) is -0.554. The SMILES string of the molecule is CC(C)(C)C1Cc2c(oc3c(-c4cccs4)cccc23)-c2cc(=O)c(C(=O)O)cn21. The maximum absolute atomic E-state index is 12.5. The van der Waals surface area contributed by atoms with Crippen LogP contribution in [0.4, 0.5) is 0 Å². The maximum Gasteiger partial charge on any atom is 0.341 e. The number of pyridine rings is 1. The molecule has 3 aromatic heterocycles. The van der Waals surface area contributed by atoms with E-state index in [-0.39, 0.29) is 17.0 Å². The summed E-state index contributed by atoms with van der Waals surface area (Å²) in [6.45, 7) is 6.39. The van der Waals surface area contributed by atoms with Gasteiger partial charge < -0.3 is 14.1 Å². The van der Waals surface area contributed by atoms with E-state index in [1.165, 1.54) is 12.3 Å². The van der Waals surface area contributed by atoms with Crippen LogP contribution in [-0.4, -0.2) is 15.6 Å². The van der Waals surface area contributed by atoms with E-state index < -0.39 is 11.4 Å². The van der Waals surface area contributed by atoms with Crippen LogP contribution in [-0.2, 0) is 6.42 Å². The third-order valence-corrected chi connectivity index (χ3v) is 6.78. The summed E-state index contributed by atoms with van der Waals surface area (Å²) in [5, 5.41) is 12.6. The van der Waals surface area contributed by atoms with Crippen LogP contribution in [0.15, 0.2) is 57.2 Å². The normalized spacial score (nSPS) is 15.8. The average Bonchev–Trinajstić information content (AvgIpc) is 3.33. The van der Waals surface area contributed by atoms with Crippen LogP contribution in [0.1, 0.15) is 42.7 Å². The zero-order valence-corrected chi connectivity index (χ0v) is 17.7. The Hall–Kier alpha value is -3.12. The molecule has 0 bridgehead atoms. The van der Waals surface area contributed by atoms with Crippen molar-refractivity contribution in [3.05, 3.63) is 69.3 Å². The Morgan fingerprint density at radius 1 is 1.23 bits per heavy atom. The van der Waals surface area contributed by atoms with Crippen LogP contribution in [0, 0.1) is 5.41 Å². The Balaban J connectivity index is 1.84. The summed E-state index contributed by atoms with van der Waals surface area (Å²) in [5.41, 5.74) is 2.68. The second kappa shape index (κ2) is 6.44. The molecule has 6 heteroatoms. The highest BCUT2D eigenvalue weighted by Gasteiger charge is 2.36. The fourth-order valence-electron chi connectivity index (χ4n) is 4.37. The van der Waals surface area contributed by atoms with Crippen LogP contribution in [0.5, 0.6) is 0 Å². The number of nitrogens with zero attached hydrogens (tertiary/aromatic N) is 1. The molecule has 30 heavy (non-hydrogen) atoms. The lowest BCUT2D eigenvalue weighted by Gasteiger charge is -2.37. The Kier molecular flexibility index (Phi) is 4.05. The minimum absolute atomic E-state index is 0.00936. The van der Waals surface area contributed by atoms with Gasteiger partial charge in [0.05, 0.1) is 5.69 Å². The quantitative estimate of drug-likeness (QED) is 0.444.